The molecule has 0 unspecified atom stereocenters. The molecule has 0 amide bonds. The molecule has 0 fully saturated rings. The van der Waals surface area contributed by atoms with Crippen molar-refractivity contribution in [3.8, 4) is 5.75 Å². The first kappa shape index (κ1) is 12.4. The topological polar surface area (TPSA) is 35.2 Å². The fourth-order valence-electron chi connectivity index (χ4n) is 1.17. The molecular formula is C11H13Cl2NO. The summed E-state index contributed by atoms with van der Waals surface area (Å²) >= 11 is 11.9. The summed E-state index contributed by atoms with van der Waals surface area (Å²) in [6.45, 7) is 4.50. The SMILES string of the molecule is C=CCCOc1c(Cl)cc(Cl)cc1CN. The number of rotatable bonds is 5. The molecule has 0 saturated heterocycles. The van der Waals surface area contributed by atoms with Crippen molar-refractivity contribution in [1.29, 1.82) is 0 Å². The van der Waals surface area contributed by atoms with Gasteiger partial charge in [-0.1, -0.05) is 29.3 Å². The maximum absolute atomic E-state index is 6.00. The average molecular weight is 246 g/mol. The Morgan fingerprint density at radius 2 is 2.13 bits per heavy atom. The zero-order valence-corrected chi connectivity index (χ0v) is 9.81. The maximum Gasteiger partial charge on any atom is 0.142 e. The van der Waals surface area contributed by atoms with Crippen LogP contribution in [0.15, 0.2) is 24.8 Å². The van der Waals surface area contributed by atoms with Gasteiger partial charge in [-0.2, -0.15) is 0 Å². The molecule has 0 saturated carbocycles. The lowest BCUT2D eigenvalue weighted by atomic mass is 10.2. The number of hydrogen-bond acceptors (Lipinski definition) is 2. The maximum atomic E-state index is 6.00. The summed E-state index contributed by atoms with van der Waals surface area (Å²) in [6.07, 6.45) is 2.55. The minimum absolute atomic E-state index is 0.351. The van der Waals surface area contributed by atoms with Gasteiger partial charge < -0.3 is 10.5 Å². The Kier molecular flexibility index (Phi) is 4.95. The third-order valence-electron chi connectivity index (χ3n) is 1.87. The molecule has 2 nitrogen and oxygen atoms in total. The van der Waals surface area contributed by atoms with Crippen LogP contribution in [0.3, 0.4) is 0 Å². The van der Waals surface area contributed by atoms with Crippen LogP contribution in [-0.2, 0) is 6.54 Å². The lowest BCUT2D eigenvalue weighted by Crippen LogP contribution is -2.04. The van der Waals surface area contributed by atoms with Gasteiger partial charge in [0.2, 0.25) is 0 Å². The Hall–Kier alpha value is -0.700. The van der Waals surface area contributed by atoms with E-state index in [0.29, 0.717) is 28.9 Å². The standard InChI is InChI=1S/C11H13Cl2NO/c1-2-3-4-15-11-8(7-14)5-9(12)6-10(11)13/h2,5-6H,1,3-4,7,14H2. The molecule has 0 aliphatic carbocycles. The highest BCUT2D eigenvalue weighted by molar-refractivity contribution is 6.35. The van der Waals surface area contributed by atoms with E-state index in [1.165, 1.54) is 0 Å². The average Bonchev–Trinajstić information content (AvgIpc) is 2.20. The quantitative estimate of drug-likeness (QED) is 0.638. The smallest absolute Gasteiger partial charge is 0.142 e. The molecule has 0 aliphatic rings. The first-order valence-electron chi connectivity index (χ1n) is 4.60. The lowest BCUT2D eigenvalue weighted by molar-refractivity contribution is 0.322. The van der Waals surface area contributed by atoms with Gasteiger partial charge in [-0.25, -0.2) is 0 Å². The van der Waals surface area contributed by atoms with E-state index in [9.17, 15) is 0 Å². The third-order valence-corrected chi connectivity index (χ3v) is 2.37. The van der Waals surface area contributed by atoms with E-state index in [0.717, 1.165) is 12.0 Å². The molecule has 0 heterocycles. The van der Waals surface area contributed by atoms with Crippen molar-refractivity contribution in [1.82, 2.24) is 0 Å². The van der Waals surface area contributed by atoms with Crippen LogP contribution in [0.1, 0.15) is 12.0 Å². The summed E-state index contributed by atoms with van der Waals surface area (Å²) in [7, 11) is 0. The Morgan fingerprint density at radius 1 is 1.40 bits per heavy atom. The van der Waals surface area contributed by atoms with Crippen molar-refractivity contribution in [2.75, 3.05) is 6.61 Å². The monoisotopic (exact) mass is 245 g/mol. The first-order chi connectivity index (χ1) is 7.19. The van der Waals surface area contributed by atoms with Crippen LogP contribution in [0.25, 0.3) is 0 Å². The Morgan fingerprint density at radius 3 is 2.73 bits per heavy atom. The van der Waals surface area contributed by atoms with E-state index < -0.39 is 0 Å². The predicted molar refractivity (Wildman–Crippen MR) is 64.7 cm³/mol. The number of hydrogen-bond donors (Lipinski definition) is 1. The van der Waals surface area contributed by atoms with Crippen LogP contribution in [-0.4, -0.2) is 6.61 Å². The van der Waals surface area contributed by atoms with Crippen molar-refractivity contribution in [2.24, 2.45) is 5.73 Å². The number of nitrogens with two attached hydrogens (primary N) is 1. The molecule has 0 bridgehead atoms. The van der Waals surface area contributed by atoms with Gasteiger partial charge in [-0.15, -0.1) is 6.58 Å². The zero-order valence-electron chi connectivity index (χ0n) is 8.30. The minimum atomic E-state index is 0.351. The molecule has 82 valence electrons. The van der Waals surface area contributed by atoms with Crippen molar-refractivity contribution in [3.05, 3.63) is 40.4 Å². The summed E-state index contributed by atoms with van der Waals surface area (Å²) in [4.78, 5) is 0. The van der Waals surface area contributed by atoms with Crippen molar-refractivity contribution in [2.45, 2.75) is 13.0 Å². The highest BCUT2D eigenvalue weighted by atomic mass is 35.5. The Bertz CT molecular complexity index is 353. The molecule has 15 heavy (non-hydrogen) atoms. The zero-order chi connectivity index (χ0) is 11.3. The molecule has 0 spiro atoms. The van der Waals surface area contributed by atoms with Crippen molar-refractivity contribution >= 4 is 23.2 Å². The van der Waals surface area contributed by atoms with Crippen LogP contribution in [0.5, 0.6) is 5.75 Å². The molecule has 1 aromatic rings. The molecule has 2 N–H and O–H groups in total. The second-order valence-corrected chi connectivity index (χ2v) is 3.85. The Balaban J connectivity index is 2.88. The van der Waals surface area contributed by atoms with E-state index >= 15 is 0 Å². The summed E-state index contributed by atoms with van der Waals surface area (Å²) in [5.41, 5.74) is 6.39. The van der Waals surface area contributed by atoms with Gasteiger partial charge in [0.1, 0.15) is 5.75 Å². The van der Waals surface area contributed by atoms with Gasteiger partial charge in [0.25, 0.3) is 0 Å². The summed E-state index contributed by atoms with van der Waals surface area (Å²) in [5.74, 6) is 0.616. The van der Waals surface area contributed by atoms with Crippen LogP contribution >= 0.6 is 23.2 Å². The van der Waals surface area contributed by atoms with Gasteiger partial charge in [-0.05, 0) is 18.6 Å². The highest BCUT2D eigenvalue weighted by Gasteiger charge is 2.09. The molecule has 1 rings (SSSR count). The first-order valence-corrected chi connectivity index (χ1v) is 5.36. The van der Waals surface area contributed by atoms with Crippen LogP contribution in [0.2, 0.25) is 10.0 Å². The van der Waals surface area contributed by atoms with E-state index in [1.807, 2.05) is 0 Å². The van der Waals surface area contributed by atoms with Crippen molar-refractivity contribution < 1.29 is 4.74 Å². The van der Waals surface area contributed by atoms with E-state index in [4.69, 9.17) is 33.7 Å². The van der Waals surface area contributed by atoms with E-state index in [2.05, 4.69) is 6.58 Å². The van der Waals surface area contributed by atoms with Gasteiger partial charge in [0, 0.05) is 17.1 Å². The van der Waals surface area contributed by atoms with Crippen LogP contribution in [0.4, 0.5) is 0 Å². The second-order valence-electron chi connectivity index (χ2n) is 3.01. The lowest BCUT2D eigenvalue weighted by Gasteiger charge is -2.11. The minimum Gasteiger partial charge on any atom is -0.491 e. The predicted octanol–water partition coefficient (Wildman–Crippen LogP) is 3.41. The molecule has 0 radical (unpaired) electrons. The molecule has 0 atom stereocenters. The highest BCUT2D eigenvalue weighted by Crippen LogP contribution is 2.32. The number of halogens is 2. The largest absolute Gasteiger partial charge is 0.491 e. The molecule has 0 aromatic heterocycles. The number of benzene rings is 1. The number of ether oxygens (including phenoxy) is 1. The normalized spacial score (nSPS) is 10.1. The second kappa shape index (κ2) is 6.01. The van der Waals surface area contributed by atoms with Crippen molar-refractivity contribution in [3.63, 3.8) is 0 Å². The summed E-state index contributed by atoms with van der Waals surface area (Å²) < 4.78 is 5.51. The van der Waals surface area contributed by atoms with Crippen LogP contribution < -0.4 is 10.5 Å². The van der Waals surface area contributed by atoms with Crippen LogP contribution in [0, 0.1) is 0 Å². The Labute approximate surface area is 99.6 Å². The third kappa shape index (κ3) is 3.42. The van der Waals surface area contributed by atoms with Gasteiger partial charge in [0.05, 0.1) is 11.6 Å². The van der Waals surface area contributed by atoms with E-state index in [-0.39, 0.29) is 0 Å². The molecule has 0 aliphatic heterocycles. The fourth-order valence-corrected chi connectivity index (χ4v) is 1.76. The molecule has 1 aromatic carbocycles. The molecule has 4 heteroatoms. The summed E-state index contributed by atoms with van der Waals surface area (Å²) in [5, 5.41) is 1.06. The van der Waals surface area contributed by atoms with Gasteiger partial charge in [0.15, 0.2) is 0 Å². The van der Waals surface area contributed by atoms with Gasteiger partial charge >= 0.3 is 0 Å². The van der Waals surface area contributed by atoms with Gasteiger partial charge in [-0.3, -0.25) is 0 Å². The van der Waals surface area contributed by atoms with E-state index in [1.54, 1.807) is 18.2 Å². The fraction of sp³-hybridized carbons (Fsp3) is 0.273. The summed E-state index contributed by atoms with van der Waals surface area (Å²) in [6, 6.07) is 3.40. The molecular weight excluding hydrogens is 233 g/mol.